The molecule has 0 aromatic heterocycles. The van der Waals surface area contributed by atoms with Gasteiger partial charge in [-0.2, -0.15) is 5.26 Å². The number of halogens is 1. The van der Waals surface area contributed by atoms with Crippen LogP contribution < -0.4 is 0 Å². The third-order valence-electron chi connectivity index (χ3n) is 2.67. The SMILES string of the molecule is N#Cc1cccc(/C=C/c2ccc([N+](=O)[O-])cc2Cl)c1. The zero-order chi connectivity index (χ0) is 14.5. The van der Waals surface area contributed by atoms with Crippen molar-refractivity contribution in [2.24, 2.45) is 0 Å². The molecule has 2 rings (SSSR count). The minimum atomic E-state index is -0.490. The number of nitrogens with zero attached hydrogens (tertiary/aromatic N) is 2. The van der Waals surface area contributed by atoms with Crippen molar-refractivity contribution in [3.05, 3.63) is 74.3 Å². The number of non-ortho nitro benzene ring substituents is 1. The van der Waals surface area contributed by atoms with Gasteiger partial charge < -0.3 is 0 Å². The van der Waals surface area contributed by atoms with Crippen LogP contribution in [0.25, 0.3) is 12.2 Å². The largest absolute Gasteiger partial charge is 0.270 e. The number of benzene rings is 2. The Balaban J connectivity index is 2.27. The Morgan fingerprint density at radius 2 is 2.00 bits per heavy atom. The minimum Gasteiger partial charge on any atom is -0.258 e. The van der Waals surface area contributed by atoms with E-state index in [9.17, 15) is 10.1 Å². The summed E-state index contributed by atoms with van der Waals surface area (Å²) >= 11 is 5.99. The molecule has 0 bridgehead atoms. The van der Waals surface area contributed by atoms with Crippen LogP contribution >= 0.6 is 11.6 Å². The zero-order valence-corrected chi connectivity index (χ0v) is 11.0. The Kier molecular flexibility index (Phi) is 4.14. The molecule has 0 saturated heterocycles. The lowest BCUT2D eigenvalue weighted by molar-refractivity contribution is -0.384. The van der Waals surface area contributed by atoms with Crippen LogP contribution in [0, 0.1) is 21.4 Å². The van der Waals surface area contributed by atoms with Crippen LogP contribution in [-0.2, 0) is 0 Å². The molecule has 20 heavy (non-hydrogen) atoms. The van der Waals surface area contributed by atoms with Gasteiger partial charge >= 0.3 is 0 Å². The monoisotopic (exact) mass is 284 g/mol. The first-order chi connectivity index (χ1) is 9.60. The normalized spacial score (nSPS) is 10.4. The molecule has 5 heteroatoms. The highest BCUT2D eigenvalue weighted by Crippen LogP contribution is 2.24. The van der Waals surface area contributed by atoms with Gasteiger partial charge in [-0.3, -0.25) is 10.1 Å². The maximum Gasteiger partial charge on any atom is 0.270 e. The Morgan fingerprint density at radius 1 is 1.20 bits per heavy atom. The lowest BCUT2D eigenvalue weighted by atomic mass is 10.1. The molecule has 0 spiro atoms. The summed E-state index contributed by atoms with van der Waals surface area (Å²) < 4.78 is 0. The highest BCUT2D eigenvalue weighted by molar-refractivity contribution is 6.32. The second-order valence-corrected chi connectivity index (χ2v) is 4.44. The van der Waals surface area contributed by atoms with Crippen LogP contribution in [0.15, 0.2) is 42.5 Å². The van der Waals surface area contributed by atoms with Crippen molar-refractivity contribution in [1.82, 2.24) is 0 Å². The molecule has 0 amide bonds. The van der Waals surface area contributed by atoms with E-state index in [0.29, 0.717) is 16.1 Å². The van der Waals surface area contributed by atoms with Crippen LogP contribution in [0.4, 0.5) is 5.69 Å². The second kappa shape index (κ2) is 6.00. The summed E-state index contributed by atoms with van der Waals surface area (Å²) in [6.45, 7) is 0. The van der Waals surface area contributed by atoms with Crippen molar-refractivity contribution in [2.75, 3.05) is 0 Å². The number of nitro benzene ring substituents is 1. The van der Waals surface area contributed by atoms with Gasteiger partial charge in [0.1, 0.15) is 0 Å². The predicted octanol–water partition coefficient (Wildman–Crippen LogP) is 4.29. The van der Waals surface area contributed by atoms with E-state index < -0.39 is 4.92 Å². The summed E-state index contributed by atoms with van der Waals surface area (Å²) in [6, 6.07) is 13.5. The molecular formula is C15H9ClN2O2. The van der Waals surface area contributed by atoms with Crippen molar-refractivity contribution in [3.8, 4) is 6.07 Å². The molecule has 0 unspecified atom stereocenters. The molecule has 0 atom stereocenters. The van der Waals surface area contributed by atoms with Crippen molar-refractivity contribution < 1.29 is 4.92 Å². The smallest absolute Gasteiger partial charge is 0.258 e. The number of hydrogen-bond acceptors (Lipinski definition) is 3. The molecule has 0 heterocycles. The third kappa shape index (κ3) is 3.22. The molecule has 0 aliphatic carbocycles. The Hall–Kier alpha value is -2.64. The van der Waals surface area contributed by atoms with E-state index in [1.807, 2.05) is 6.07 Å². The summed E-state index contributed by atoms with van der Waals surface area (Å²) in [7, 11) is 0. The van der Waals surface area contributed by atoms with Gasteiger partial charge in [0.05, 0.1) is 21.6 Å². The van der Waals surface area contributed by atoms with Crippen molar-refractivity contribution in [2.45, 2.75) is 0 Å². The van der Waals surface area contributed by atoms with E-state index >= 15 is 0 Å². The van der Waals surface area contributed by atoms with Gasteiger partial charge in [0.15, 0.2) is 0 Å². The maximum atomic E-state index is 10.6. The summed E-state index contributed by atoms with van der Waals surface area (Å²) in [5.41, 5.74) is 2.07. The van der Waals surface area contributed by atoms with E-state index in [-0.39, 0.29) is 5.69 Å². The molecule has 4 nitrogen and oxygen atoms in total. The van der Waals surface area contributed by atoms with Gasteiger partial charge in [0.25, 0.3) is 5.69 Å². The molecule has 0 fully saturated rings. The van der Waals surface area contributed by atoms with E-state index in [2.05, 4.69) is 6.07 Å². The van der Waals surface area contributed by atoms with E-state index in [4.69, 9.17) is 16.9 Å². The standard InChI is InChI=1S/C15H9ClN2O2/c16-15-9-14(18(19)20)7-6-13(15)5-4-11-2-1-3-12(8-11)10-17/h1-9H/b5-4+. The first-order valence-electron chi connectivity index (χ1n) is 5.72. The fourth-order valence-corrected chi connectivity index (χ4v) is 1.90. The Morgan fingerprint density at radius 3 is 2.65 bits per heavy atom. The molecule has 0 aliphatic heterocycles. The van der Waals surface area contributed by atoms with Crippen LogP contribution in [0.5, 0.6) is 0 Å². The topological polar surface area (TPSA) is 66.9 Å². The Bertz CT molecular complexity index is 733. The fraction of sp³-hybridized carbons (Fsp3) is 0. The highest BCUT2D eigenvalue weighted by Gasteiger charge is 2.07. The van der Waals surface area contributed by atoms with Crippen molar-refractivity contribution >= 4 is 29.4 Å². The van der Waals surface area contributed by atoms with Crippen LogP contribution in [0.1, 0.15) is 16.7 Å². The van der Waals surface area contributed by atoms with Gasteiger partial charge in [-0.15, -0.1) is 0 Å². The first-order valence-corrected chi connectivity index (χ1v) is 6.10. The first kappa shape index (κ1) is 13.8. The summed E-state index contributed by atoms with van der Waals surface area (Å²) in [5.74, 6) is 0. The molecule has 98 valence electrons. The predicted molar refractivity (Wildman–Crippen MR) is 78.2 cm³/mol. The minimum absolute atomic E-state index is 0.0429. The van der Waals surface area contributed by atoms with Crippen molar-refractivity contribution in [1.29, 1.82) is 5.26 Å². The van der Waals surface area contributed by atoms with Crippen LogP contribution in [0.2, 0.25) is 5.02 Å². The summed E-state index contributed by atoms with van der Waals surface area (Å²) in [4.78, 5) is 10.1. The van der Waals surface area contributed by atoms with E-state index in [0.717, 1.165) is 5.56 Å². The van der Waals surface area contributed by atoms with Gasteiger partial charge in [0.2, 0.25) is 0 Å². The van der Waals surface area contributed by atoms with Gasteiger partial charge in [-0.1, -0.05) is 35.9 Å². The number of hydrogen-bond donors (Lipinski definition) is 0. The fourth-order valence-electron chi connectivity index (χ4n) is 1.66. The number of nitriles is 1. The highest BCUT2D eigenvalue weighted by atomic mass is 35.5. The van der Waals surface area contributed by atoms with Gasteiger partial charge in [-0.05, 0) is 29.3 Å². The van der Waals surface area contributed by atoms with Gasteiger partial charge in [-0.25, -0.2) is 0 Å². The lowest BCUT2D eigenvalue weighted by Gasteiger charge is -1.99. The third-order valence-corrected chi connectivity index (χ3v) is 2.99. The second-order valence-electron chi connectivity index (χ2n) is 4.03. The average molecular weight is 285 g/mol. The quantitative estimate of drug-likeness (QED) is 0.480. The van der Waals surface area contributed by atoms with Crippen LogP contribution in [0.3, 0.4) is 0 Å². The molecular weight excluding hydrogens is 276 g/mol. The molecule has 2 aromatic carbocycles. The Labute approximate surface area is 120 Å². The summed E-state index contributed by atoms with van der Waals surface area (Å²) in [5, 5.41) is 19.7. The van der Waals surface area contributed by atoms with Crippen molar-refractivity contribution in [3.63, 3.8) is 0 Å². The van der Waals surface area contributed by atoms with E-state index in [1.54, 1.807) is 36.4 Å². The van der Waals surface area contributed by atoms with E-state index in [1.165, 1.54) is 12.1 Å². The summed E-state index contributed by atoms with van der Waals surface area (Å²) in [6.07, 6.45) is 3.55. The maximum absolute atomic E-state index is 10.6. The number of nitro groups is 1. The molecule has 0 aliphatic rings. The number of rotatable bonds is 3. The molecule has 0 radical (unpaired) electrons. The van der Waals surface area contributed by atoms with Gasteiger partial charge in [0, 0.05) is 12.1 Å². The molecule has 0 N–H and O–H groups in total. The zero-order valence-electron chi connectivity index (χ0n) is 10.3. The average Bonchev–Trinajstić information content (AvgIpc) is 2.46. The lowest BCUT2D eigenvalue weighted by Crippen LogP contribution is -1.88. The molecule has 2 aromatic rings. The van der Waals surface area contributed by atoms with Crippen LogP contribution in [-0.4, -0.2) is 4.92 Å². The molecule has 0 saturated carbocycles.